The smallest absolute Gasteiger partial charge is 0.269 e. The van der Waals surface area contributed by atoms with Crippen LogP contribution in [0.2, 0.25) is 0 Å². The molecule has 0 aliphatic heterocycles. The number of amides is 1. The molecule has 0 aliphatic rings. The van der Waals surface area contributed by atoms with Gasteiger partial charge in [0.15, 0.2) is 0 Å². The zero-order valence-corrected chi connectivity index (χ0v) is 18.7. The van der Waals surface area contributed by atoms with Crippen LogP contribution in [0.15, 0.2) is 84.3 Å². The van der Waals surface area contributed by atoms with Crippen molar-refractivity contribution in [2.45, 2.75) is 13.5 Å². The van der Waals surface area contributed by atoms with Crippen LogP contribution in [0.1, 0.15) is 16.7 Å². The predicted molar refractivity (Wildman–Crippen MR) is 132 cm³/mol. The summed E-state index contributed by atoms with van der Waals surface area (Å²) in [5.74, 6) is -0.236. The van der Waals surface area contributed by atoms with E-state index in [1.165, 1.54) is 23.8 Å². The summed E-state index contributed by atoms with van der Waals surface area (Å²) < 4.78 is 0. The van der Waals surface area contributed by atoms with Crippen molar-refractivity contribution < 1.29 is 9.72 Å². The van der Waals surface area contributed by atoms with E-state index in [9.17, 15) is 14.9 Å². The highest BCUT2D eigenvalue weighted by molar-refractivity contribution is 7.13. The van der Waals surface area contributed by atoms with Gasteiger partial charge in [0, 0.05) is 41.3 Å². The Morgan fingerprint density at radius 2 is 1.67 bits per heavy atom. The number of hydrogen-bond acceptors (Lipinski definition) is 5. The molecule has 4 aromatic rings. The lowest BCUT2D eigenvalue weighted by molar-refractivity contribution is -0.384. The Morgan fingerprint density at radius 3 is 2.33 bits per heavy atom. The molecular weight excluding hydrogens is 434 g/mol. The minimum absolute atomic E-state index is 0.0178. The normalized spacial score (nSPS) is 10.9. The van der Waals surface area contributed by atoms with Crippen molar-refractivity contribution in [2.24, 2.45) is 0 Å². The van der Waals surface area contributed by atoms with Crippen molar-refractivity contribution in [3.63, 3.8) is 0 Å². The molecule has 1 amide bonds. The number of thiazole rings is 1. The zero-order valence-electron chi connectivity index (χ0n) is 17.9. The second-order valence-electron chi connectivity index (χ2n) is 7.50. The van der Waals surface area contributed by atoms with Crippen LogP contribution < -0.4 is 5.32 Å². The monoisotopic (exact) mass is 455 g/mol. The molecule has 0 radical (unpaired) electrons. The van der Waals surface area contributed by atoms with Crippen LogP contribution in [-0.4, -0.2) is 15.8 Å². The summed E-state index contributed by atoms with van der Waals surface area (Å²) in [7, 11) is 0. The van der Waals surface area contributed by atoms with E-state index in [0.29, 0.717) is 12.1 Å². The number of nitrogens with zero attached hydrogens (tertiary/aromatic N) is 2. The number of aromatic nitrogens is 1. The van der Waals surface area contributed by atoms with Crippen LogP contribution in [0.25, 0.3) is 27.9 Å². The summed E-state index contributed by atoms with van der Waals surface area (Å²) >= 11 is 1.61. The first-order valence-electron chi connectivity index (χ1n) is 10.3. The highest BCUT2D eigenvalue weighted by atomic mass is 32.1. The van der Waals surface area contributed by atoms with Gasteiger partial charge >= 0.3 is 0 Å². The number of aryl methyl sites for hydroxylation is 1. The van der Waals surface area contributed by atoms with Gasteiger partial charge in [0.25, 0.3) is 5.69 Å². The van der Waals surface area contributed by atoms with Gasteiger partial charge < -0.3 is 5.32 Å². The largest absolute Gasteiger partial charge is 0.348 e. The fourth-order valence-corrected chi connectivity index (χ4v) is 3.99. The van der Waals surface area contributed by atoms with Crippen LogP contribution in [0.5, 0.6) is 0 Å². The Labute approximate surface area is 195 Å². The van der Waals surface area contributed by atoms with Gasteiger partial charge in [-0.25, -0.2) is 4.98 Å². The van der Waals surface area contributed by atoms with Crippen LogP contribution in [0.3, 0.4) is 0 Å². The predicted octanol–water partition coefficient (Wildman–Crippen LogP) is 6.02. The Balaban J connectivity index is 1.33. The Morgan fingerprint density at radius 1 is 1.00 bits per heavy atom. The maximum Gasteiger partial charge on any atom is 0.269 e. The molecule has 0 spiro atoms. The quantitative estimate of drug-likeness (QED) is 0.210. The van der Waals surface area contributed by atoms with Gasteiger partial charge in [0.05, 0.1) is 10.6 Å². The lowest BCUT2D eigenvalue weighted by Gasteiger charge is -2.04. The molecule has 0 fully saturated rings. The minimum atomic E-state index is -0.455. The van der Waals surface area contributed by atoms with Gasteiger partial charge in [-0.1, -0.05) is 54.1 Å². The third kappa shape index (κ3) is 5.78. The van der Waals surface area contributed by atoms with Gasteiger partial charge in [-0.05, 0) is 36.3 Å². The maximum atomic E-state index is 12.1. The van der Waals surface area contributed by atoms with E-state index in [1.807, 2.05) is 24.3 Å². The first kappa shape index (κ1) is 22.1. The molecule has 1 heterocycles. The molecule has 6 nitrogen and oxygen atoms in total. The average Bonchev–Trinajstić information content (AvgIpc) is 3.33. The summed E-state index contributed by atoms with van der Waals surface area (Å²) in [6.45, 7) is 2.46. The highest BCUT2D eigenvalue weighted by Crippen LogP contribution is 2.29. The molecule has 4 rings (SSSR count). The third-order valence-electron chi connectivity index (χ3n) is 5.05. The fraction of sp³-hybridized carbons (Fsp3) is 0.0769. The second-order valence-corrected chi connectivity index (χ2v) is 8.36. The van der Waals surface area contributed by atoms with Crippen molar-refractivity contribution >= 4 is 29.0 Å². The molecular formula is C26H21N3O3S. The van der Waals surface area contributed by atoms with Gasteiger partial charge in [0.1, 0.15) is 5.01 Å². The second kappa shape index (κ2) is 10.0. The number of carbonyl (C=O) groups excluding carboxylic acids is 1. The van der Waals surface area contributed by atoms with E-state index in [1.54, 1.807) is 29.5 Å². The summed E-state index contributed by atoms with van der Waals surface area (Å²) in [4.78, 5) is 27.1. The maximum absolute atomic E-state index is 12.1. The number of nitrogens with one attached hydrogen (secondary N) is 1. The fourth-order valence-electron chi connectivity index (χ4n) is 3.16. The van der Waals surface area contributed by atoms with Crippen molar-refractivity contribution in [1.29, 1.82) is 0 Å². The summed E-state index contributed by atoms with van der Waals surface area (Å²) in [6, 6.07) is 22.3. The molecule has 0 bridgehead atoms. The number of carbonyl (C=O) groups is 1. The lowest BCUT2D eigenvalue weighted by Crippen LogP contribution is -2.20. The molecule has 7 heteroatoms. The molecule has 0 atom stereocenters. The number of non-ortho nitro benzene ring substituents is 1. The Hall–Kier alpha value is -4.10. The van der Waals surface area contributed by atoms with Crippen LogP contribution in [0, 0.1) is 17.0 Å². The SMILES string of the molecule is Cc1ccc(-c2csc(-c3ccc(CNC(=O)/C=C/c4ccc([N+](=O)[O-])cc4)cc3)n2)cc1. The minimum Gasteiger partial charge on any atom is -0.348 e. The average molecular weight is 456 g/mol. The van der Waals surface area contributed by atoms with Gasteiger partial charge in [-0.3, -0.25) is 14.9 Å². The first-order valence-corrected chi connectivity index (χ1v) is 11.2. The van der Waals surface area contributed by atoms with Gasteiger partial charge in [-0.2, -0.15) is 0 Å². The number of rotatable bonds is 7. The molecule has 0 saturated carbocycles. The van der Waals surface area contributed by atoms with E-state index in [-0.39, 0.29) is 11.6 Å². The number of benzene rings is 3. The lowest BCUT2D eigenvalue weighted by atomic mass is 10.1. The molecule has 0 saturated heterocycles. The summed E-state index contributed by atoms with van der Waals surface area (Å²) in [5.41, 5.74) is 6.03. The summed E-state index contributed by atoms with van der Waals surface area (Å²) in [5, 5.41) is 16.5. The van der Waals surface area contributed by atoms with Crippen LogP contribution >= 0.6 is 11.3 Å². The van der Waals surface area contributed by atoms with Gasteiger partial charge in [0.2, 0.25) is 5.91 Å². The van der Waals surface area contributed by atoms with Crippen molar-refractivity contribution in [3.05, 3.63) is 111 Å². The van der Waals surface area contributed by atoms with Crippen molar-refractivity contribution in [2.75, 3.05) is 0 Å². The molecule has 1 N–H and O–H groups in total. The number of nitro groups is 1. The number of hydrogen-bond donors (Lipinski definition) is 1. The van der Waals surface area contributed by atoms with E-state index in [0.717, 1.165) is 27.4 Å². The summed E-state index contributed by atoms with van der Waals surface area (Å²) in [6.07, 6.45) is 3.04. The van der Waals surface area contributed by atoms with Gasteiger partial charge in [-0.15, -0.1) is 11.3 Å². The third-order valence-corrected chi connectivity index (χ3v) is 5.94. The molecule has 3 aromatic carbocycles. The van der Waals surface area contributed by atoms with E-state index in [2.05, 4.69) is 41.9 Å². The van der Waals surface area contributed by atoms with E-state index in [4.69, 9.17) is 4.98 Å². The van der Waals surface area contributed by atoms with Crippen LogP contribution in [-0.2, 0) is 11.3 Å². The Kier molecular flexibility index (Phi) is 6.71. The standard InChI is InChI=1S/C26H21N3O3S/c1-18-2-9-21(10-3-18)24-17-33-26(28-24)22-11-4-20(5-12-22)16-27-25(30)15-8-19-6-13-23(14-7-19)29(31)32/h2-15,17H,16H2,1H3,(H,27,30)/b15-8+. The van der Waals surface area contributed by atoms with Crippen molar-refractivity contribution in [1.82, 2.24) is 10.3 Å². The van der Waals surface area contributed by atoms with Crippen molar-refractivity contribution in [3.8, 4) is 21.8 Å². The molecule has 164 valence electrons. The highest BCUT2D eigenvalue weighted by Gasteiger charge is 2.07. The van der Waals surface area contributed by atoms with Crippen LogP contribution in [0.4, 0.5) is 5.69 Å². The Bertz CT molecular complexity index is 1290. The van der Waals surface area contributed by atoms with E-state index < -0.39 is 4.92 Å². The molecule has 1 aromatic heterocycles. The number of nitro benzene ring substituents is 1. The molecule has 33 heavy (non-hydrogen) atoms. The van der Waals surface area contributed by atoms with E-state index >= 15 is 0 Å². The topological polar surface area (TPSA) is 85.1 Å². The zero-order chi connectivity index (χ0) is 23.2. The molecule has 0 aliphatic carbocycles. The molecule has 0 unspecified atom stereocenters. The first-order chi connectivity index (χ1) is 16.0.